The van der Waals surface area contributed by atoms with Crippen LogP contribution in [0.5, 0.6) is 0 Å². The first-order valence-electron chi connectivity index (χ1n) is 14.2. The third-order valence-corrected chi connectivity index (χ3v) is 17.5. The second kappa shape index (κ2) is 8.84. The van der Waals surface area contributed by atoms with Crippen molar-refractivity contribution in [2.24, 2.45) is 47.3 Å². The second-order valence-electron chi connectivity index (χ2n) is 13.5. The maximum absolute atomic E-state index is 13.0. The van der Waals surface area contributed by atoms with Gasteiger partial charge in [-0.1, -0.05) is 24.3 Å². The van der Waals surface area contributed by atoms with E-state index in [1.807, 2.05) is 0 Å². The number of imide groups is 2. The average molecular weight is 541 g/mol. The molecule has 9 heteroatoms. The van der Waals surface area contributed by atoms with Crippen LogP contribution in [0.2, 0.25) is 38.3 Å². The van der Waals surface area contributed by atoms with E-state index in [4.69, 9.17) is 4.12 Å². The average Bonchev–Trinajstić information content (AvgIpc) is 3.65. The highest BCUT2D eigenvalue weighted by molar-refractivity contribution is 6.84. The van der Waals surface area contributed by atoms with Crippen molar-refractivity contribution in [2.45, 2.75) is 64.0 Å². The van der Waals surface area contributed by atoms with Crippen LogP contribution < -0.4 is 0 Å². The standard InChI is InChI=1S/C28H40N2O5Si2/c1-36(2,13-5-11-29-25(31)21-17-7-8-18(15-17)22(21)26(29)32)35-37(3,4)14-6-12-30-27(33)23-19-9-10-20(16-19)24(23)28(30)34/h7-10,17-24H,5-6,11-16H2,1-4H3. The van der Waals surface area contributed by atoms with Crippen molar-refractivity contribution in [1.29, 1.82) is 0 Å². The Balaban J connectivity index is 0.960. The summed E-state index contributed by atoms with van der Waals surface area (Å²) in [6.07, 6.45) is 12.1. The van der Waals surface area contributed by atoms with Crippen LogP contribution in [-0.2, 0) is 23.3 Å². The van der Waals surface area contributed by atoms with Gasteiger partial charge < -0.3 is 4.12 Å². The molecule has 0 N–H and O–H groups in total. The van der Waals surface area contributed by atoms with Crippen LogP contribution in [0.1, 0.15) is 25.7 Å². The Kier molecular flexibility index (Phi) is 6.08. The summed E-state index contributed by atoms with van der Waals surface area (Å²) < 4.78 is 6.78. The zero-order chi connectivity index (χ0) is 26.3. The quantitative estimate of drug-likeness (QED) is 0.239. The molecule has 6 aliphatic rings. The summed E-state index contributed by atoms with van der Waals surface area (Å²) in [5.41, 5.74) is 0. The van der Waals surface area contributed by atoms with Gasteiger partial charge in [-0.05, 0) is 87.6 Å². The predicted octanol–water partition coefficient (Wildman–Crippen LogP) is 3.81. The van der Waals surface area contributed by atoms with Crippen molar-refractivity contribution in [2.75, 3.05) is 13.1 Å². The van der Waals surface area contributed by atoms with E-state index >= 15 is 0 Å². The maximum Gasteiger partial charge on any atom is 0.233 e. The van der Waals surface area contributed by atoms with Gasteiger partial charge in [0.15, 0.2) is 16.6 Å². The van der Waals surface area contributed by atoms with Gasteiger partial charge in [-0.15, -0.1) is 0 Å². The van der Waals surface area contributed by atoms with Crippen molar-refractivity contribution in [3.63, 3.8) is 0 Å². The summed E-state index contributed by atoms with van der Waals surface area (Å²) in [6, 6.07) is 1.81. The third kappa shape index (κ3) is 4.16. The fourth-order valence-electron chi connectivity index (χ4n) is 8.54. The molecule has 2 saturated carbocycles. The van der Waals surface area contributed by atoms with Crippen LogP contribution in [0, 0.1) is 47.3 Å². The molecule has 0 radical (unpaired) electrons. The minimum atomic E-state index is -1.99. The molecule has 2 saturated heterocycles. The van der Waals surface area contributed by atoms with Crippen LogP contribution in [0.4, 0.5) is 0 Å². The smallest absolute Gasteiger partial charge is 0.233 e. The van der Waals surface area contributed by atoms with E-state index < -0.39 is 16.6 Å². The molecule has 2 heterocycles. The second-order valence-corrected chi connectivity index (χ2v) is 22.3. The lowest BCUT2D eigenvalue weighted by molar-refractivity contribution is -0.142. The summed E-state index contributed by atoms with van der Waals surface area (Å²) >= 11 is 0. The van der Waals surface area contributed by atoms with E-state index in [9.17, 15) is 19.2 Å². The Labute approximate surface area is 221 Å². The van der Waals surface area contributed by atoms with Crippen molar-refractivity contribution in [1.82, 2.24) is 9.80 Å². The van der Waals surface area contributed by atoms with Crippen molar-refractivity contribution >= 4 is 40.3 Å². The van der Waals surface area contributed by atoms with Gasteiger partial charge in [0.25, 0.3) is 0 Å². The molecule has 7 nitrogen and oxygen atoms in total. The molecule has 8 atom stereocenters. The SMILES string of the molecule is C[Si](C)(CCCN1C(=O)C2C3C=CC(C3)C2C1=O)O[Si](C)(C)CCCN1C(=O)C2C3C=CC(C3)C2C1=O. The molecule has 4 bridgehead atoms. The van der Waals surface area contributed by atoms with Gasteiger partial charge >= 0.3 is 0 Å². The van der Waals surface area contributed by atoms with Crippen LogP contribution in [0.25, 0.3) is 0 Å². The highest BCUT2D eigenvalue weighted by Gasteiger charge is 2.60. The van der Waals surface area contributed by atoms with Gasteiger partial charge in [0.05, 0.1) is 23.7 Å². The number of amides is 4. The summed E-state index contributed by atoms with van der Waals surface area (Å²) in [6.45, 7) is 9.92. The molecule has 0 aromatic carbocycles. The molecule has 4 aliphatic carbocycles. The minimum absolute atomic E-state index is 0.0425. The number of likely N-dealkylation sites (tertiary alicyclic amines) is 2. The number of carbonyl (C=O) groups is 4. The Morgan fingerprint density at radius 3 is 1.22 bits per heavy atom. The van der Waals surface area contributed by atoms with E-state index in [1.54, 1.807) is 0 Å². The summed E-state index contributed by atoms with van der Waals surface area (Å²) in [5, 5.41) is 0. The summed E-state index contributed by atoms with van der Waals surface area (Å²) in [5.74, 6) is 0.746. The molecule has 0 aromatic heterocycles. The molecule has 8 unspecified atom stereocenters. The number of fused-ring (bicyclic) bond motifs is 10. The number of allylic oxidation sites excluding steroid dienone is 4. The first kappa shape index (κ1) is 25.4. The number of rotatable bonds is 10. The lowest BCUT2D eigenvalue weighted by atomic mass is 9.85. The highest BCUT2D eigenvalue weighted by atomic mass is 28.4. The Bertz CT molecular complexity index is 956. The van der Waals surface area contributed by atoms with Gasteiger partial charge in [-0.3, -0.25) is 29.0 Å². The lowest BCUT2D eigenvalue weighted by Crippen LogP contribution is -2.45. The van der Waals surface area contributed by atoms with E-state index in [0.717, 1.165) is 37.8 Å². The van der Waals surface area contributed by atoms with E-state index in [-0.39, 0.29) is 71.0 Å². The number of hydrogen-bond donors (Lipinski definition) is 0. The topological polar surface area (TPSA) is 84.0 Å². The predicted molar refractivity (Wildman–Crippen MR) is 144 cm³/mol. The number of nitrogens with zero attached hydrogens (tertiary/aromatic N) is 2. The van der Waals surface area contributed by atoms with Gasteiger partial charge in [-0.25, -0.2) is 0 Å². The molecular weight excluding hydrogens is 500 g/mol. The van der Waals surface area contributed by atoms with E-state index in [1.165, 1.54) is 9.80 Å². The monoisotopic (exact) mass is 540 g/mol. The zero-order valence-corrected chi connectivity index (χ0v) is 24.5. The fourth-order valence-corrected chi connectivity index (χ4v) is 17.4. The molecular formula is C28H40N2O5Si2. The van der Waals surface area contributed by atoms with Gasteiger partial charge in [-0.2, -0.15) is 0 Å². The molecule has 6 rings (SSSR count). The first-order valence-corrected chi connectivity index (χ1v) is 20.5. The van der Waals surface area contributed by atoms with Gasteiger partial charge in [0, 0.05) is 13.1 Å². The van der Waals surface area contributed by atoms with Gasteiger partial charge in [0.1, 0.15) is 0 Å². The van der Waals surface area contributed by atoms with E-state index in [2.05, 4.69) is 50.5 Å². The minimum Gasteiger partial charge on any atom is -0.455 e. The molecule has 0 aromatic rings. The fraction of sp³-hybridized carbons (Fsp3) is 0.714. The van der Waals surface area contributed by atoms with Crippen LogP contribution in [-0.4, -0.2) is 63.2 Å². The molecule has 4 amide bonds. The van der Waals surface area contributed by atoms with Crippen LogP contribution >= 0.6 is 0 Å². The summed E-state index contributed by atoms with van der Waals surface area (Å²) in [7, 11) is -3.98. The Morgan fingerprint density at radius 1 is 0.622 bits per heavy atom. The largest absolute Gasteiger partial charge is 0.455 e. The number of carbonyl (C=O) groups excluding carboxylic acids is 4. The molecule has 4 fully saturated rings. The maximum atomic E-state index is 13.0. The molecule has 2 aliphatic heterocycles. The zero-order valence-electron chi connectivity index (χ0n) is 22.5. The number of hydrogen-bond acceptors (Lipinski definition) is 5. The normalized spacial score (nSPS) is 37.6. The van der Waals surface area contributed by atoms with E-state index in [0.29, 0.717) is 13.1 Å². The molecule has 200 valence electrons. The summed E-state index contributed by atoms with van der Waals surface area (Å²) in [4.78, 5) is 54.9. The van der Waals surface area contributed by atoms with Crippen molar-refractivity contribution < 1.29 is 23.3 Å². The molecule has 0 spiro atoms. The van der Waals surface area contributed by atoms with Crippen LogP contribution in [0.3, 0.4) is 0 Å². The third-order valence-electron chi connectivity index (χ3n) is 10.00. The highest BCUT2D eigenvalue weighted by Crippen LogP contribution is 2.53. The lowest BCUT2D eigenvalue weighted by Gasteiger charge is -2.34. The molecule has 37 heavy (non-hydrogen) atoms. The Morgan fingerprint density at radius 2 is 0.919 bits per heavy atom. The van der Waals surface area contributed by atoms with Crippen molar-refractivity contribution in [3.05, 3.63) is 24.3 Å². The van der Waals surface area contributed by atoms with Crippen molar-refractivity contribution in [3.8, 4) is 0 Å². The van der Waals surface area contributed by atoms with Gasteiger partial charge in [0.2, 0.25) is 23.6 Å². The van der Waals surface area contributed by atoms with Crippen LogP contribution in [0.15, 0.2) is 24.3 Å². The first-order chi connectivity index (χ1) is 17.5. The Hall–Kier alpha value is -1.85.